The van der Waals surface area contributed by atoms with Gasteiger partial charge in [-0.15, -0.1) is 0 Å². The Hall–Kier alpha value is -2.29. The Morgan fingerprint density at radius 3 is 2.65 bits per heavy atom. The number of carbonyl (C=O) groups is 1. The molecule has 1 aliphatic carbocycles. The van der Waals surface area contributed by atoms with Gasteiger partial charge in [-0.25, -0.2) is 0 Å². The molecule has 0 aliphatic heterocycles. The van der Waals surface area contributed by atoms with Gasteiger partial charge in [0.15, 0.2) is 5.78 Å². The number of benzene rings is 2. The van der Waals surface area contributed by atoms with E-state index in [1.807, 2.05) is 36.4 Å². The average molecular weight is 268 g/mol. The summed E-state index contributed by atoms with van der Waals surface area (Å²) >= 11 is 0. The topological polar surface area (TPSA) is 35.5 Å². The molecule has 0 atom stereocenters. The zero-order valence-electron chi connectivity index (χ0n) is 11.4. The van der Waals surface area contributed by atoms with Gasteiger partial charge in [-0.3, -0.25) is 4.79 Å². The van der Waals surface area contributed by atoms with Crippen molar-refractivity contribution >= 4 is 5.78 Å². The first-order valence-electron chi connectivity index (χ1n) is 6.69. The van der Waals surface area contributed by atoms with Gasteiger partial charge in [0.2, 0.25) is 0 Å². The van der Waals surface area contributed by atoms with Crippen LogP contribution in [0.5, 0.6) is 11.5 Å². The normalized spacial score (nSPS) is 13.2. The highest BCUT2D eigenvalue weighted by molar-refractivity contribution is 6.03. The van der Waals surface area contributed by atoms with Crippen LogP contribution in [0.3, 0.4) is 0 Å². The third-order valence-corrected chi connectivity index (χ3v) is 3.53. The lowest BCUT2D eigenvalue weighted by Gasteiger charge is -2.11. The van der Waals surface area contributed by atoms with Gasteiger partial charge < -0.3 is 9.47 Å². The van der Waals surface area contributed by atoms with Crippen molar-refractivity contribution < 1.29 is 14.3 Å². The molecule has 0 saturated carbocycles. The molecule has 0 amide bonds. The fourth-order valence-corrected chi connectivity index (χ4v) is 2.52. The Labute approximate surface area is 118 Å². The number of rotatable bonds is 4. The van der Waals surface area contributed by atoms with Gasteiger partial charge in [0.1, 0.15) is 18.1 Å². The highest BCUT2D eigenvalue weighted by atomic mass is 16.5. The van der Waals surface area contributed by atoms with Gasteiger partial charge in [0, 0.05) is 12.5 Å². The first-order valence-corrected chi connectivity index (χ1v) is 6.69. The van der Waals surface area contributed by atoms with Crippen molar-refractivity contribution in [2.24, 2.45) is 0 Å². The molecule has 20 heavy (non-hydrogen) atoms. The van der Waals surface area contributed by atoms with Crippen LogP contribution in [-0.4, -0.2) is 12.9 Å². The zero-order chi connectivity index (χ0) is 13.9. The molecule has 0 saturated heterocycles. The lowest BCUT2D eigenvalue weighted by Crippen LogP contribution is -2.00. The fourth-order valence-electron chi connectivity index (χ4n) is 2.52. The van der Waals surface area contributed by atoms with Gasteiger partial charge in [0.05, 0.1) is 12.7 Å². The third kappa shape index (κ3) is 2.39. The molecule has 0 spiro atoms. The van der Waals surface area contributed by atoms with Crippen LogP contribution in [0.25, 0.3) is 0 Å². The van der Waals surface area contributed by atoms with Crippen LogP contribution in [0.15, 0.2) is 42.5 Å². The predicted octanol–water partition coefficient (Wildman–Crippen LogP) is 3.40. The minimum Gasteiger partial charge on any atom is -0.496 e. The first-order chi connectivity index (χ1) is 9.78. The summed E-state index contributed by atoms with van der Waals surface area (Å²) in [6, 6.07) is 13.7. The smallest absolute Gasteiger partial charge is 0.167 e. The number of Topliss-reactive ketones (excluding diaryl/α,β-unsaturated/α-hetero) is 1. The minimum absolute atomic E-state index is 0.159. The second-order valence-electron chi connectivity index (χ2n) is 4.86. The van der Waals surface area contributed by atoms with Gasteiger partial charge in [0.25, 0.3) is 0 Å². The maximum Gasteiger partial charge on any atom is 0.167 e. The van der Waals surface area contributed by atoms with E-state index in [4.69, 9.17) is 9.47 Å². The monoisotopic (exact) mass is 268 g/mol. The second kappa shape index (κ2) is 5.37. The molecule has 0 heterocycles. The number of hydrogen-bond donors (Lipinski definition) is 0. The number of hydrogen-bond acceptors (Lipinski definition) is 3. The Kier molecular flexibility index (Phi) is 3.42. The van der Waals surface area contributed by atoms with E-state index < -0.39 is 0 Å². The average Bonchev–Trinajstić information content (AvgIpc) is 2.87. The number of aryl methyl sites for hydroxylation is 1. The molecule has 102 valence electrons. The van der Waals surface area contributed by atoms with Crippen LogP contribution in [-0.2, 0) is 13.0 Å². The maximum atomic E-state index is 11.8. The molecule has 3 rings (SSSR count). The fraction of sp³-hybridized carbons (Fsp3) is 0.235. The molecular weight excluding hydrogens is 252 g/mol. The summed E-state index contributed by atoms with van der Waals surface area (Å²) in [5, 5.41) is 0. The summed E-state index contributed by atoms with van der Waals surface area (Å²) in [5.74, 6) is 1.53. The third-order valence-electron chi connectivity index (χ3n) is 3.53. The van der Waals surface area contributed by atoms with Crippen molar-refractivity contribution in [3.63, 3.8) is 0 Å². The van der Waals surface area contributed by atoms with E-state index in [1.54, 1.807) is 13.2 Å². The quantitative estimate of drug-likeness (QED) is 0.852. The molecule has 2 aromatic carbocycles. The summed E-state index contributed by atoms with van der Waals surface area (Å²) in [4.78, 5) is 11.8. The number of ketones is 1. The molecule has 3 nitrogen and oxygen atoms in total. The lowest BCUT2D eigenvalue weighted by molar-refractivity contribution is 0.0992. The zero-order valence-corrected chi connectivity index (χ0v) is 11.4. The summed E-state index contributed by atoms with van der Waals surface area (Å²) in [6.45, 7) is 0.511. The summed E-state index contributed by atoms with van der Waals surface area (Å²) in [6.07, 6.45) is 1.33. The van der Waals surface area contributed by atoms with Crippen LogP contribution >= 0.6 is 0 Å². The summed E-state index contributed by atoms with van der Waals surface area (Å²) in [5.41, 5.74) is 2.86. The van der Waals surface area contributed by atoms with Crippen LogP contribution in [0.4, 0.5) is 0 Å². The van der Waals surface area contributed by atoms with Crippen molar-refractivity contribution in [1.29, 1.82) is 0 Å². The van der Waals surface area contributed by atoms with Gasteiger partial charge in [-0.2, -0.15) is 0 Å². The SMILES string of the molecule is COc1cc(OCc2ccccc2)cc2c1C(=O)CC2. The number of ether oxygens (including phenoxy) is 2. The minimum atomic E-state index is 0.159. The Bertz CT molecular complexity index is 632. The highest BCUT2D eigenvalue weighted by Crippen LogP contribution is 2.35. The van der Waals surface area contributed by atoms with E-state index in [9.17, 15) is 4.79 Å². The first kappa shape index (κ1) is 12.7. The number of carbonyl (C=O) groups excluding carboxylic acids is 1. The summed E-state index contributed by atoms with van der Waals surface area (Å²) < 4.78 is 11.1. The predicted molar refractivity (Wildman–Crippen MR) is 76.4 cm³/mol. The van der Waals surface area contributed by atoms with Crippen molar-refractivity contribution in [3.8, 4) is 11.5 Å². The van der Waals surface area contributed by atoms with E-state index in [0.717, 1.165) is 28.9 Å². The van der Waals surface area contributed by atoms with E-state index in [0.29, 0.717) is 18.8 Å². The van der Waals surface area contributed by atoms with Crippen molar-refractivity contribution in [2.75, 3.05) is 7.11 Å². The van der Waals surface area contributed by atoms with Crippen LogP contribution in [0.1, 0.15) is 27.9 Å². The van der Waals surface area contributed by atoms with Crippen molar-refractivity contribution in [3.05, 3.63) is 59.2 Å². The Morgan fingerprint density at radius 1 is 1.10 bits per heavy atom. The van der Waals surface area contributed by atoms with E-state index in [2.05, 4.69) is 0 Å². The molecule has 0 unspecified atom stereocenters. The van der Waals surface area contributed by atoms with Crippen LogP contribution < -0.4 is 9.47 Å². The molecule has 3 heteroatoms. The molecule has 0 radical (unpaired) electrons. The highest BCUT2D eigenvalue weighted by Gasteiger charge is 2.24. The van der Waals surface area contributed by atoms with Crippen LogP contribution in [0.2, 0.25) is 0 Å². The van der Waals surface area contributed by atoms with E-state index >= 15 is 0 Å². The molecular formula is C17H16O3. The molecule has 1 aliphatic rings. The Balaban J connectivity index is 1.83. The van der Waals surface area contributed by atoms with Gasteiger partial charge in [-0.05, 0) is 23.6 Å². The second-order valence-corrected chi connectivity index (χ2v) is 4.86. The Morgan fingerprint density at radius 2 is 1.90 bits per heavy atom. The van der Waals surface area contributed by atoms with Crippen molar-refractivity contribution in [2.45, 2.75) is 19.4 Å². The summed E-state index contributed by atoms with van der Waals surface area (Å²) in [7, 11) is 1.59. The maximum absolute atomic E-state index is 11.8. The number of fused-ring (bicyclic) bond motifs is 1. The molecule has 0 fully saturated rings. The van der Waals surface area contributed by atoms with E-state index in [1.165, 1.54) is 0 Å². The van der Waals surface area contributed by atoms with Crippen molar-refractivity contribution in [1.82, 2.24) is 0 Å². The van der Waals surface area contributed by atoms with Gasteiger partial charge >= 0.3 is 0 Å². The molecule has 2 aromatic rings. The standard InChI is InChI=1S/C17H16O3/c1-19-16-10-14(9-13-7-8-15(18)17(13)16)20-11-12-5-3-2-4-6-12/h2-6,9-10H,7-8,11H2,1H3. The van der Waals surface area contributed by atoms with Gasteiger partial charge in [-0.1, -0.05) is 30.3 Å². The lowest BCUT2D eigenvalue weighted by atomic mass is 10.1. The van der Waals surface area contributed by atoms with Crippen LogP contribution in [0, 0.1) is 0 Å². The largest absolute Gasteiger partial charge is 0.496 e. The van der Waals surface area contributed by atoms with E-state index in [-0.39, 0.29) is 5.78 Å². The molecule has 0 bridgehead atoms. The molecule has 0 N–H and O–H groups in total. The molecule has 0 aromatic heterocycles. The number of methoxy groups -OCH3 is 1.